The van der Waals surface area contributed by atoms with Crippen LogP contribution in [0, 0.1) is 13.8 Å². The first-order valence-electron chi connectivity index (χ1n) is 14.6. The van der Waals surface area contributed by atoms with Crippen molar-refractivity contribution < 1.29 is 4.58 Å². The lowest BCUT2D eigenvalue weighted by atomic mass is 9.80. The van der Waals surface area contributed by atoms with Crippen LogP contribution in [0.2, 0.25) is 0 Å². The zero-order chi connectivity index (χ0) is 28.1. The summed E-state index contributed by atoms with van der Waals surface area (Å²) in [5, 5.41) is 0.925. The van der Waals surface area contributed by atoms with Gasteiger partial charge < -0.3 is 4.90 Å². The third-order valence-electron chi connectivity index (χ3n) is 9.07. The molecule has 3 heteroatoms. The van der Waals surface area contributed by atoms with E-state index in [4.69, 9.17) is 11.6 Å². The van der Waals surface area contributed by atoms with Crippen molar-refractivity contribution in [2.75, 3.05) is 18.0 Å². The Kier molecular flexibility index (Phi) is 7.31. The summed E-state index contributed by atoms with van der Waals surface area (Å²) in [5.74, 6) is 0. The van der Waals surface area contributed by atoms with Gasteiger partial charge in [0, 0.05) is 46.1 Å². The largest absolute Gasteiger partial charge is 0.344 e. The Balaban J connectivity index is 1.49. The molecule has 0 saturated carbocycles. The molecule has 0 unspecified atom stereocenters. The number of benzene rings is 2. The summed E-state index contributed by atoms with van der Waals surface area (Å²) in [5.41, 5.74) is 13.2. The highest BCUT2D eigenvalue weighted by Gasteiger charge is 2.44. The molecule has 0 amide bonds. The van der Waals surface area contributed by atoms with Crippen LogP contribution in [0.1, 0.15) is 83.1 Å². The van der Waals surface area contributed by atoms with Crippen LogP contribution in [0.3, 0.4) is 0 Å². The van der Waals surface area contributed by atoms with Crippen LogP contribution >= 0.6 is 11.6 Å². The van der Waals surface area contributed by atoms with E-state index in [1.807, 2.05) is 0 Å². The lowest BCUT2D eigenvalue weighted by molar-refractivity contribution is -0.433. The zero-order valence-corrected chi connectivity index (χ0v) is 25.8. The van der Waals surface area contributed by atoms with Gasteiger partial charge in [-0.25, -0.2) is 0 Å². The van der Waals surface area contributed by atoms with Crippen LogP contribution in [-0.4, -0.2) is 23.4 Å². The second-order valence-corrected chi connectivity index (χ2v) is 12.8. The van der Waals surface area contributed by atoms with E-state index >= 15 is 0 Å². The summed E-state index contributed by atoms with van der Waals surface area (Å²) in [6, 6.07) is 13.7. The molecule has 2 nitrogen and oxygen atoms in total. The van der Waals surface area contributed by atoms with Crippen molar-refractivity contribution in [2.45, 2.75) is 85.5 Å². The van der Waals surface area contributed by atoms with E-state index in [2.05, 4.69) is 126 Å². The van der Waals surface area contributed by atoms with Crippen molar-refractivity contribution in [1.82, 2.24) is 0 Å². The first-order chi connectivity index (χ1) is 18.5. The molecule has 5 rings (SSSR count). The number of nitrogens with zero attached hydrogens (tertiary/aromatic N) is 2. The summed E-state index contributed by atoms with van der Waals surface area (Å²) in [7, 11) is 0. The van der Waals surface area contributed by atoms with Crippen LogP contribution in [0.15, 0.2) is 82.6 Å². The summed E-state index contributed by atoms with van der Waals surface area (Å²) in [4.78, 5) is 2.46. The first-order valence-corrected chi connectivity index (χ1v) is 15.0. The minimum Gasteiger partial charge on any atom is -0.344 e. The van der Waals surface area contributed by atoms with Gasteiger partial charge in [-0.15, -0.1) is 0 Å². The van der Waals surface area contributed by atoms with E-state index in [1.54, 1.807) is 0 Å². The Hall–Kier alpha value is -2.84. The van der Waals surface area contributed by atoms with E-state index < -0.39 is 0 Å². The third kappa shape index (κ3) is 4.65. The molecule has 2 aliphatic heterocycles. The van der Waals surface area contributed by atoms with Gasteiger partial charge in [0.15, 0.2) is 5.71 Å². The van der Waals surface area contributed by atoms with Gasteiger partial charge >= 0.3 is 0 Å². The maximum atomic E-state index is 7.12. The highest BCUT2D eigenvalue weighted by Crippen LogP contribution is 2.48. The summed E-state index contributed by atoms with van der Waals surface area (Å²) < 4.78 is 2.46. The van der Waals surface area contributed by atoms with Gasteiger partial charge in [-0.2, -0.15) is 4.58 Å². The molecule has 0 atom stereocenters. The third-order valence-corrected chi connectivity index (χ3v) is 9.55. The predicted molar refractivity (Wildman–Crippen MR) is 169 cm³/mol. The number of halogens is 1. The van der Waals surface area contributed by atoms with Gasteiger partial charge in [0.05, 0.1) is 5.41 Å². The molecule has 2 aromatic carbocycles. The van der Waals surface area contributed by atoms with Crippen LogP contribution < -0.4 is 4.90 Å². The smallest absolute Gasteiger partial charge is 0.209 e. The molecule has 0 saturated heterocycles. The average molecular weight is 540 g/mol. The van der Waals surface area contributed by atoms with Crippen LogP contribution in [0.4, 0.5) is 11.4 Å². The predicted octanol–water partition coefficient (Wildman–Crippen LogP) is 9.56. The highest BCUT2D eigenvalue weighted by molar-refractivity contribution is 6.32. The molecule has 0 aromatic heterocycles. The molecule has 0 bridgehead atoms. The monoisotopic (exact) mass is 539 g/mol. The molecule has 0 spiro atoms. The number of hydrogen-bond donors (Lipinski definition) is 0. The highest BCUT2D eigenvalue weighted by atomic mass is 35.5. The SMILES string of the molecule is CCN1C(=CC=C2CCCC(C=CC3=[N+](CC)c4ccc(C)cc4C3(C)C)=C2Cl)C(C)(C)c2cc(C)ccc21. The lowest BCUT2D eigenvalue weighted by Crippen LogP contribution is -2.27. The quantitative estimate of drug-likeness (QED) is 0.343. The van der Waals surface area contributed by atoms with Crippen molar-refractivity contribution in [3.63, 3.8) is 0 Å². The van der Waals surface area contributed by atoms with Gasteiger partial charge in [0.2, 0.25) is 5.69 Å². The second kappa shape index (κ2) is 10.3. The normalized spacial score (nSPS) is 22.0. The van der Waals surface area contributed by atoms with Crippen molar-refractivity contribution in [3.8, 4) is 0 Å². The van der Waals surface area contributed by atoms with Gasteiger partial charge in [0.25, 0.3) is 0 Å². The second-order valence-electron chi connectivity index (χ2n) is 12.4. The maximum absolute atomic E-state index is 7.12. The van der Waals surface area contributed by atoms with E-state index in [0.29, 0.717) is 0 Å². The average Bonchev–Trinajstić information content (AvgIpc) is 3.24. The maximum Gasteiger partial charge on any atom is 0.209 e. The van der Waals surface area contributed by atoms with Gasteiger partial charge in [-0.05, 0) is 95.7 Å². The standard InChI is InChI=1S/C36H44ClN2/c1-9-38-30-18-14-24(3)22-28(30)35(5,6)32(38)20-16-26-12-11-13-27(34(26)37)17-21-33-36(7,8)29-23-25(4)15-19-31(29)39(33)10-2/h14-23H,9-13H2,1-8H3/q+1. The molecule has 0 fully saturated rings. The number of hydrogen-bond acceptors (Lipinski definition) is 1. The Morgan fingerprint density at radius 1 is 0.872 bits per heavy atom. The van der Waals surface area contributed by atoms with E-state index in [0.717, 1.165) is 37.4 Å². The summed E-state index contributed by atoms with van der Waals surface area (Å²) in [6.07, 6.45) is 12.4. The van der Waals surface area contributed by atoms with E-state index in [9.17, 15) is 0 Å². The van der Waals surface area contributed by atoms with Crippen LogP contribution in [-0.2, 0) is 10.8 Å². The lowest BCUT2D eigenvalue weighted by Gasteiger charge is -2.26. The van der Waals surface area contributed by atoms with Crippen molar-refractivity contribution in [1.29, 1.82) is 0 Å². The Morgan fingerprint density at radius 3 is 2.26 bits per heavy atom. The molecule has 39 heavy (non-hydrogen) atoms. The molecular weight excluding hydrogens is 496 g/mol. The Labute approximate surface area is 241 Å². The minimum atomic E-state index is -0.0380. The molecular formula is C36H44ClN2+. The Bertz CT molecular complexity index is 1480. The fourth-order valence-corrected chi connectivity index (χ4v) is 7.14. The molecule has 204 valence electrons. The van der Waals surface area contributed by atoms with Crippen molar-refractivity contribution in [3.05, 3.63) is 105 Å². The molecule has 2 heterocycles. The fraction of sp³-hybridized carbons (Fsp3) is 0.417. The first kappa shape index (κ1) is 27.7. The molecule has 1 aliphatic carbocycles. The Morgan fingerprint density at radius 2 is 1.56 bits per heavy atom. The number of allylic oxidation sites excluding steroid dienone is 8. The van der Waals surface area contributed by atoms with Crippen molar-refractivity contribution in [2.24, 2.45) is 0 Å². The van der Waals surface area contributed by atoms with Crippen LogP contribution in [0.25, 0.3) is 0 Å². The van der Waals surface area contributed by atoms with E-state index in [-0.39, 0.29) is 10.8 Å². The van der Waals surface area contributed by atoms with Crippen molar-refractivity contribution >= 4 is 28.7 Å². The molecule has 2 aromatic rings. The molecule has 0 N–H and O–H groups in total. The molecule has 0 radical (unpaired) electrons. The number of aryl methyl sites for hydroxylation is 2. The van der Waals surface area contributed by atoms with Crippen LogP contribution in [0.5, 0.6) is 0 Å². The fourth-order valence-electron chi connectivity index (χ4n) is 6.83. The zero-order valence-electron chi connectivity index (χ0n) is 25.1. The van der Waals surface area contributed by atoms with Gasteiger partial charge in [-0.3, -0.25) is 0 Å². The summed E-state index contributed by atoms with van der Waals surface area (Å²) in [6.45, 7) is 20.1. The van der Waals surface area contributed by atoms with E-state index in [1.165, 1.54) is 56.2 Å². The van der Waals surface area contributed by atoms with Gasteiger partial charge in [0.1, 0.15) is 6.54 Å². The number of rotatable bonds is 5. The molecule has 3 aliphatic rings. The number of anilines is 1. The summed E-state index contributed by atoms with van der Waals surface area (Å²) >= 11 is 7.12. The number of fused-ring (bicyclic) bond motifs is 2. The minimum absolute atomic E-state index is 0.0380. The topological polar surface area (TPSA) is 6.25 Å². The van der Waals surface area contributed by atoms with Gasteiger partial charge in [-0.1, -0.05) is 66.9 Å². The number of likely N-dealkylation sites (N-methyl/N-ethyl adjacent to an activating group) is 1.